The molecule has 0 saturated heterocycles. The minimum atomic E-state index is -0.350. The molecular weight excluding hydrogens is 243 g/mol. The number of halogens is 2. The molecule has 1 aromatic carbocycles. The predicted molar refractivity (Wildman–Crippen MR) is 66.7 cm³/mol. The molecule has 0 heterocycles. The summed E-state index contributed by atoms with van der Waals surface area (Å²) in [4.78, 5) is 11.3. The van der Waals surface area contributed by atoms with Gasteiger partial charge in [0.15, 0.2) is 0 Å². The summed E-state index contributed by atoms with van der Waals surface area (Å²) in [6, 6.07) is 4.28. The van der Waals surface area contributed by atoms with Gasteiger partial charge in [-0.3, -0.25) is 4.79 Å². The van der Waals surface area contributed by atoms with E-state index in [9.17, 15) is 9.18 Å². The third-order valence-corrected chi connectivity index (χ3v) is 2.69. The van der Waals surface area contributed by atoms with Gasteiger partial charge in [-0.25, -0.2) is 4.39 Å². The molecule has 0 aliphatic carbocycles. The van der Waals surface area contributed by atoms with Gasteiger partial charge < -0.3 is 10.6 Å². The van der Waals surface area contributed by atoms with Crippen molar-refractivity contribution in [3.8, 4) is 0 Å². The number of carbonyl (C=O) groups is 1. The van der Waals surface area contributed by atoms with Crippen molar-refractivity contribution in [3.05, 3.63) is 34.6 Å². The molecular formula is C12H16ClFN2O. The van der Waals surface area contributed by atoms with E-state index in [1.165, 1.54) is 12.1 Å². The smallest absolute Gasteiger partial charge is 0.221 e. The Kier molecular flexibility index (Phi) is 5.94. The summed E-state index contributed by atoms with van der Waals surface area (Å²) < 4.78 is 12.8. The molecule has 0 fully saturated rings. The summed E-state index contributed by atoms with van der Waals surface area (Å²) in [5, 5.41) is 6.07. The van der Waals surface area contributed by atoms with E-state index in [-0.39, 0.29) is 11.7 Å². The first-order valence-electron chi connectivity index (χ1n) is 5.48. The molecule has 0 aromatic heterocycles. The van der Waals surface area contributed by atoms with Gasteiger partial charge in [0.05, 0.1) is 0 Å². The maximum absolute atomic E-state index is 12.8. The lowest BCUT2D eigenvalue weighted by Crippen LogP contribution is -2.28. The minimum absolute atomic E-state index is 0.00224. The van der Waals surface area contributed by atoms with Gasteiger partial charge in [0, 0.05) is 24.5 Å². The van der Waals surface area contributed by atoms with Crippen LogP contribution in [0.5, 0.6) is 0 Å². The van der Waals surface area contributed by atoms with Gasteiger partial charge in [0.2, 0.25) is 5.91 Å². The van der Waals surface area contributed by atoms with Crippen molar-refractivity contribution >= 4 is 17.5 Å². The normalized spacial score (nSPS) is 10.3. The Hall–Kier alpha value is -1.13. The molecule has 5 heteroatoms. The van der Waals surface area contributed by atoms with Crippen LogP contribution in [0.15, 0.2) is 18.2 Å². The van der Waals surface area contributed by atoms with E-state index in [0.29, 0.717) is 31.0 Å². The van der Waals surface area contributed by atoms with Crippen LogP contribution in [0.4, 0.5) is 4.39 Å². The zero-order chi connectivity index (χ0) is 12.7. The molecule has 0 spiro atoms. The van der Waals surface area contributed by atoms with Crippen LogP contribution in [-0.2, 0) is 11.2 Å². The van der Waals surface area contributed by atoms with E-state index in [0.717, 1.165) is 5.56 Å². The first kappa shape index (κ1) is 13.9. The molecule has 17 heavy (non-hydrogen) atoms. The Morgan fingerprint density at radius 3 is 2.82 bits per heavy atom. The quantitative estimate of drug-likeness (QED) is 0.816. The van der Waals surface area contributed by atoms with Crippen molar-refractivity contribution in [3.63, 3.8) is 0 Å². The highest BCUT2D eigenvalue weighted by Crippen LogP contribution is 2.17. The number of rotatable bonds is 6. The fraction of sp³-hybridized carbons (Fsp3) is 0.417. The predicted octanol–water partition coefficient (Wildman–Crippen LogP) is 1.75. The van der Waals surface area contributed by atoms with Crippen LogP contribution in [0.2, 0.25) is 5.02 Å². The molecule has 3 nitrogen and oxygen atoms in total. The summed E-state index contributed by atoms with van der Waals surface area (Å²) in [6.07, 6.45) is 1.05. The fourth-order valence-corrected chi connectivity index (χ4v) is 1.65. The van der Waals surface area contributed by atoms with Crippen LogP contribution in [0, 0.1) is 5.82 Å². The maximum Gasteiger partial charge on any atom is 0.221 e. The van der Waals surface area contributed by atoms with E-state index in [1.54, 1.807) is 13.1 Å². The lowest BCUT2D eigenvalue weighted by Gasteiger charge is -2.06. The lowest BCUT2D eigenvalue weighted by molar-refractivity contribution is -0.120. The van der Waals surface area contributed by atoms with Gasteiger partial charge in [0.25, 0.3) is 0 Å². The molecule has 0 aliphatic heterocycles. The van der Waals surface area contributed by atoms with Gasteiger partial charge in [-0.2, -0.15) is 0 Å². The molecule has 1 rings (SSSR count). The maximum atomic E-state index is 12.8. The van der Waals surface area contributed by atoms with E-state index in [4.69, 9.17) is 11.6 Å². The van der Waals surface area contributed by atoms with Gasteiger partial charge in [-0.1, -0.05) is 17.7 Å². The van der Waals surface area contributed by atoms with Gasteiger partial charge in [-0.15, -0.1) is 0 Å². The van der Waals surface area contributed by atoms with Crippen LogP contribution in [0.1, 0.15) is 12.0 Å². The fourth-order valence-electron chi connectivity index (χ4n) is 1.39. The Morgan fingerprint density at radius 1 is 1.41 bits per heavy atom. The molecule has 0 atom stereocenters. The average molecular weight is 259 g/mol. The number of carbonyl (C=O) groups excluding carboxylic acids is 1. The zero-order valence-electron chi connectivity index (χ0n) is 9.72. The first-order valence-corrected chi connectivity index (χ1v) is 5.86. The van der Waals surface area contributed by atoms with E-state index >= 15 is 0 Å². The van der Waals surface area contributed by atoms with E-state index in [2.05, 4.69) is 10.6 Å². The van der Waals surface area contributed by atoms with Crippen LogP contribution in [0.3, 0.4) is 0 Å². The van der Waals surface area contributed by atoms with Gasteiger partial charge in [-0.05, 0) is 31.2 Å². The number of nitrogens with one attached hydrogen (secondary N) is 2. The molecule has 0 unspecified atom stereocenters. The van der Waals surface area contributed by atoms with Gasteiger partial charge in [0.1, 0.15) is 5.82 Å². The van der Waals surface area contributed by atoms with Crippen molar-refractivity contribution in [1.82, 2.24) is 10.6 Å². The molecule has 0 bridgehead atoms. The van der Waals surface area contributed by atoms with Crippen molar-refractivity contribution in [1.29, 1.82) is 0 Å². The SMILES string of the molecule is CNCCC(=O)NCCc1ccc(F)cc1Cl. The third-order valence-electron chi connectivity index (χ3n) is 2.33. The van der Waals surface area contributed by atoms with Crippen LogP contribution in [-0.4, -0.2) is 26.0 Å². The molecule has 0 radical (unpaired) electrons. The summed E-state index contributed by atoms with van der Waals surface area (Å²) in [7, 11) is 1.80. The molecule has 1 aromatic rings. The number of amides is 1. The van der Waals surface area contributed by atoms with Gasteiger partial charge >= 0.3 is 0 Å². The standard InChI is InChI=1S/C12H16ClFN2O/c1-15-6-5-12(17)16-7-4-9-2-3-10(14)8-11(9)13/h2-3,8,15H,4-7H2,1H3,(H,16,17). The van der Waals surface area contributed by atoms with Crippen molar-refractivity contribution < 1.29 is 9.18 Å². The largest absolute Gasteiger partial charge is 0.356 e. The summed E-state index contributed by atoms with van der Waals surface area (Å²) in [5.41, 5.74) is 0.835. The van der Waals surface area contributed by atoms with Crippen molar-refractivity contribution in [2.45, 2.75) is 12.8 Å². The summed E-state index contributed by atoms with van der Waals surface area (Å²) >= 11 is 5.87. The van der Waals surface area contributed by atoms with Crippen LogP contribution < -0.4 is 10.6 Å². The van der Waals surface area contributed by atoms with Crippen LogP contribution >= 0.6 is 11.6 Å². The highest BCUT2D eigenvalue weighted by molar-refractivity contribution is 6.31. The highest BCUT2D eigenvalue weighted by atomic mass is 35.5. The molecule has 94 valence electrons. The minimum Gasteiger partial charge on any atom is -0.356 e. The van der Waals surface area contributed by atoms with E-state index in [1.807, 2.05) is 0 Å². The first-order chi connectivity index (χ1) is 8.13. The monoisotopic (exact) mass is 258 g/mol. The topological polar surface area (TPSA) is 41.1 Å². The zero-order valence-corrected chi connectivity index (χ0v) is 10.5. The number of hydrogen-bond acceptors (Lipinski definition) is 2. The Balaban J connectivity index is 2.33. The Bertz CT molecular complexity index is 385. The number of hydrogen-bond donors (Lipinski definition) is 2. The lowest BCUT2D eigenvalue weighted by atomic mass is 10.1. The average Bonchev–Trinajstić information content (AvgIpc) is 2.29. The molecule has 2 N–H and O–H groups in total. The molecule has 1 amide bonds. The second-order valence-electron chi connectivity index (χ2n) is 3.69. The van der Waals surface area contributed by atoms with E-state index < -0.39 is 0 Å². The number of benzene rings is 1. The highest BCUT2D eigenvalue weighted by Gasteiger charge is 2.03. The van der Waals surface area contributed by atoms with Crippen molar-refractivity contribution in [2.24, 2.45) is 0 Å². The summed E-state index contributed by atoms with van der Waals surface area (Å²) in [6.45, 7) is 1.16. The molecule has 0 saturated carbocycles. The summed E-state index contributed by atoms with van der Waals surface area (Å²) in [5.74, 6) is -0.352. The van der Waals surface area contributed by atoms with Crippen LogP contribution in [0.25, 0.3) is 0 Å². The Morgan fingerprint density at radius 2 is 2.18 bits per heavy atom. The third kappa shape index (κ3) is 5.15. The Labute approximate surface area is 105 Å². The molecule has 0 aliphatic rings. The van der Waals surface area contributed by atoms with Crippen molar-refractivity contribution in [2.75, 3.05) is 20.1 Å². The second-order valence-corrected chi connectivity index (χ2v) is 4.10. The second kappa shape index (κ2) is 7.25.